The number of nitrogens with zero attached hydrogens (tertiary/aromatic N) is 3. The lowest BCUT2D eigenvalue weighted by atomic mass is 10.3. The quantitative estimate of drug-likeness (QED) is 0.620. The molecule has 2 atom stereocenters. The molecule has 0 saturated heterocycles. The van der Waals surface area contributed by atoms with Crippen LogP contribution < -0.4 is 0 Å². The highest BCUT2D eigenvalue weighted by molar-refractivity contribution is 5.70. The molecule has 1 heterocycles. The second kappa shape index (κ2) is 7.10. The summed E-state index contributed by atoms with van der Waals surface area (Å²) in [6.45, 7) is 2.75. The zero-order valence-electron chi connectivity index (χ0n) is 9.94. The zero-order chi connectivity index (χ0) is 12.7. The normalized spacial score (nSPS) is 14.5. The van der Waals surface area contributed by atoms with Gasteiger partial charge in [0.15, 0.2) is 6.29 Å². The Morgan fingerprint density at radius 2 is 2.35 bits per heavy atom. The summed E-state index contributed by atoms with van der Waals surface area (Å²) in [5.41, 5.74) is 0.242. The summed E-state index contributed by atoms with van der Waals surface area (Å²) < 4.78 is 11.6. The Balaban J connectivity index is 2.29. The number of hydrogen-bond acceptors (Lipinski definition) is 6. The number of aliphatic hydroxyl groups is 1. The molecule has 0 aliphatic rings. The van der Waals surface area contributed by atoms with Crippen LogP contribution >= 0.6 is 0 Å². The van der Waals surface area contributed by atoms with Crippen LogP contribution in [0.4, 0.5) is 0 Å². The predicted octanol–water partition coefficient (Wildman–Crippen LogP) is -0.497. The van der Waals surface area contributed by atoms with Crippen molar-refractivity contribution in [1.82, 2.24) is 15.0 Å². The minimum atomic E-state index is -0.699. The maximum Gasteiger partial charge on any atom is 0.171 e. The van der Waals surface area contributed by atoms with E-state index in [1.165, 1.54) is 10.9 Å². The van der Waals surface area contributed by atoms with E-state index in [2.05, 4.69) is 10.3 Å². The van der Waals surface area contributed by atoms with Crippen LogP contribution in [-0.2, 0) is 16.0 Å². The van der Waals surface area contributed by atoms with E-state index >= 15 is 0 Å². The lowest BCUT2D eigenvalue weighted by Gasteiger charge is -2.15. The van der Waals surface area contributed by atoms with Crippen LogP contribution in [-0.4, -0.2) is 58.9 Å². The standard InChI is InChI=1S/C10H17N3O4/c1-8(6-16-2)17-7-10(15)4-13-3-9(5-14)11-12-13/h3,5,8,10,15H,4,6-7H2,1-2H3. The molecule has 1 N–H and O–H groups in total. The number of aromatic nitrogens is 3. The Hall–Kier alpha value is -1.31. The third kappa shape index (κ3) is 5.03. The molecule has 7 heteroatoms. The van der Waals surface area contributed by atoms with Crippen molar-refractivity contribution in [3.05, 3.63) is 11.9 Å². The van der Waals surface area contributed by atoms with Gasteiger partial charge in [-0.25, -0.2) is 4.68 Å². The number of carbonyl (C=O) groups excluding carboxylic acids is 1. The van der Waals surface area contributed by atoms with Gasteiger partial charge in [-0.2, -0.15) is 0 Å². The molecular formula is C10H17N3O4. The Morgan fingerprint density at radius 3 is 2.94 bits per heavy atom. The van der Waals surface area contributed by atoms with E-state index in [4.69, 9.17) is 9.47 Å². The van der Waals surface area contributed by atoms with E-state index in [1.807, 2.05) is 6.92 Å². The lowest BCUT2D eigenvalue weighted by molar-refractivity contribution is -0.0365. The highest BCUT2D eigenvalue weighted by Gasteiger charge is 2.10. The molecule has 0 aliphatic carbocycles. The smallest absolute Gasteiger partial charge is 0.171 e. The summed E-state index contributed by atoms with van der Waals surface area (Å²) in [6, 6.07) is 0. The van der Waals surface area contributed by atoms with E-state index < -0.39 is 6.10 Å². The highest BCUT2D eigenvalue weighted by Crippen LogP contribution is 1.97. The van der Waals surface area contributed by atoms with Gasteiger partial charge in [-0.15, -0.1) is 5.10 Å². The predicted molar refractivity (Wildman–Crippen MR) is 58.7 cm³/mol. The van der Waals surface area contributed by atoms with Gasteiger partial charge in [0.1, 0.15) is 5.69 Å². The van der Waals surface area contributed by atoms with Crippen molar-refractivity contribution in [2.75, 3.05) is 20.3 Å². The second-order valence-electron chi connectivity index (χ2n) is 3.74. The summed E-state index contributed by atoms with van der Waals surface area (Å²) in [4.78, 5) is 10.4. The highest BCUT2D eigenvalue weighted by atomic mass is 16.5. The van der Waals surface area contributed by atoms with Crippen molar-refractivity contribution in [3.63, 3.8) is 0 Å². The Morgan fingerprint density at radius 1 is 1.59 bits per heavy atom. The SMILES string of the molecule is COCC(C)OCC(O)Cn1cc(C=O)nn1. The van der Waals surface area contributed by atoms with Crippen molar-refractivity contribution in [1.29, 1.82) is 0 Å². The van der Waals surface area contributed by atoms with Gasteiger partial charge in [-0.1, -0.05) is 5.21 Å². The van der Waals surface area contributed by atoms with Gasteiger partial charge < -0.3 is 14.6 Å². The number of methoxy groups -OCH3 is 1. The molecule has 1 aromatic heterocycles. The summed E-state index contributed by atoms with van der Waals surface area (Å²) in [5.74, 6) is 0. The Labute approximate surface area is 99.3 Å². The number of ether oxygens (including phenoxy) is 2. The van der Waals surface area contributed by atoms with Gasteiger partial charge in [-0.05, 0) is 6.92 Å². The van der Waals surface area contributed by atoms with Crippen LogP contribution in [0.1, 0.15) is 17.4 Å². The van der Waals surface area contributed by atoms with Gasteiger partial charge >= 0.3 is 0 Å². The first kappa shape index (κ1) is 13.8. The molecule has 0 bridgehead atoms. The fourth-order valence-corrected chi connectivity index (χ4v) is 1.28. The van der Waals surface area contributed by atoms with Crippen LogP contribution in [0.2, 0.25) is 0 Å². The second-order valence-corrected chi connectivity index (χ2v) is 3.74. The maximum atomic E-state index is 10.4. The fraction of sp³-hybridized carbons (Fsp3) is 0.700. The summed E-state index contributed by atoms with van der Waals surface area (Å²) in [5, 5.41) is 16.9. The van der Waals surface area contributed by atoms with E-state index in [0.29, 0.717) is 12.9 Å². The number of rotatable bonds is 8. The maximum absolute atomic E-state index is 10.4. The molecule has 0 spiro atoms. The Kier molecular flexibility index (Phi) is 5.75. The first-order valence-electron chi connectivity index (χ1n) is 5.29. The summed E-state index contributed by atoms with van der Waals surface area (Å²) in [7, 11) is 1.59. The molecule has 0 fully saturated rings. The average molecular weight is 243 g/mol. The number of carbonyl (C=O) groups is 1. The molecule has 2 unspecified atom stereocenters. The lowest BCUT2D eigenvalue weighted by Crippen LogP contribution is -2.26. The van der Waals surface area contributed by atoms with Gasteiger partial charge in [0, 0.05) is 7.11 Å². The van der Waals surface area contributed by atoms with Crippen LogP contribution in [0.25, 0.3) is 0 Å². The van der Waals surface area contributed by atoms with E-state index in [1.54, 1.807) is 7.11 Å². The molecule has 17 heavy (non-hydrogen) atoms. The van der Waals surface area contributed by atoms with Crippen molar-refractivity contribution in [2.45, 2.75) is 25.7 Å². The van der Waals surface area contributed by atoms with E-state index in [9.17, 15) is 9.90 Å². The minimum Gasteiger partial charge on any atom is -0.389 e. The third-order valence-electron chi connectivity index (χ3n) is 2.05. The molecule has 0 radical (unpaired) electrons. The molecule has 0 aromatic carbocycles. The van der Waals surface area contributed by atoms with Crippen LogP contribution in [0.5, 0.6) is 0 Å². The zero-order valence-corrected chi connectivity index (χ0v) is 9.94. The fourth-order valence-electron chi connectivity index (χ4n) is 1.28. The first-order chi connectivity index (χ1) is 8.15. The molecule has 0 aliphatic heterocycles. The number of hydrogen-bond donors (Lipinski definition) is 1. The number of aldehydes is 1. The monoisotopic (exact) mass is 243 g/mol. The summed E-state index contributed by atoms with van der Waals surface area (Å²) >= 11 is 0. The molecular weight excluding hydrogens is 226 g/mol. The Bertz CT molecular complexity index is 342. The molecule has 0 amide bonds. The third-order valence-corrected chi connectivity index (χ3v) is 2.05. The van der Waals surface area contributed by atoms with Crippen LogP contribution in [0, 0.1) is 0 Å². The van der Waals surface area contributed by atoms with Crippen LogP contribution in [0.3, 0.4) is 0 Å². The van der Waals surface area contributed by atoms with Crippen molar-refractivity contribution >= 4 is 6.29 Å². The van der Waals surface area contributed by atoms with Crippen LogP contribution in [0.15, 0.2) is 6.20 Å². The van der Waals surface area contributed by atoms with Crippen molar-refractivity contribution < 1.29 is 19.4 Å². The van der Waals surface area contributed by atoms with Crippen molar-refractivity contribution in [2.24, 2.45) is 0 Å². The first-order valence-corrected chi connectivity index (χ1v) is 5.29. The summed E-state index contributed by atoms with van der Waals surface area (Å²) in [6.07, 6.45) is 1.30. The molecule has 96 valence electrons. The van der Waals surface area contributed by atoms with E-state index in [0.717, 1.165) is 0 Å². The molecule has 0 saturated carbocycles. The minimum absolute atomic E-state index is 0.0732. The van der Waals surface area contributed by atoms with E-state index in [-0.39, 0.29) is 24.9 Å². The average Bonchev–Trinajstić information content (AvgIpc) is 2.74. The molecule has 1 aromatic rings. The molecule has 7 nitrogen and oxygen atoms in total. The van der Waals surface area contributed by atoms with Gasteiger partial charge in [0.2, 0.25) is 0 Å². The van der Waals surface area contributed by atoms with Gasteiger partial charge in [0.05, 0.1) is 38.2 Å². The molecule has 1 rings (SSSR count). The van der Waals surface area contributed by atoms with Gasteiger partial charge in [-0.3, -0.25) is 4.79 Å². The number of aliphatic hydroxyl groups excluding tert-OH is 1. The largest absolute Gasteiger partial charge is 0.389 e. The van der Waals surface area contributed by atoms with Crippen molar-refractivity contribution in [3.8, 4) is 0 Å². The topological polar surface area (TPSA) is 86.5 Å². The van der Waals surface area contributed by atoms with Gasteiger partial charge in [0.25, 0.3) is 0 Å².